The van der Waals surface area contributed by atoms with Gasteiger partial charge in [-0.05, 0) is 78.9 Å². The quantitative estimate of drug-likeness (QED) is 0.797. The standard InChI is InChI=1S/C16H20ClNS/c1-18-11-15(3-2-14-8-9-19-12-14)10-13-4-6-16(17)7-5-13/h4-9,12,15,18H,2-3,10-11H2,1H3. The van der Waals surface area contributed by atoms with Gasteiger partial charge in [-0.1, -0.05) is 23.7 Å². The van der Waals surface area contributed by atoms with Gasteiger partial charge in [0.1, 0.15) is 0 Å². The summed E-state index contributed by atoms with van der Waals surface area (Å²) in [4.78, 5) is 0. The lowest BCUT2D eigenvalue weighted by molar-refractivity contribution is 0.461. The van der Waals surface area contributed by atoms with Crippen molar-refractivity contribution >= 4 is 22.9 Å². The molecule has 0 spiro atoms. The molecule has 2 aromatic rings. The second-order valence-corrected chi connectivity index (χ2v) is 6.14. The average molecular weight is 294 g/mol. The van der Waals surface area contributed by atoms with Crippen molar-refractivity contribution in [2.24, 2.45) is 5.92 Å². The SMILES string of the molecule is CNCC(CCc1ccsc1)Cc1ccc(Cl)cc1. The molecule has 0 aliphatic carbocycles. The Labute approximate surface area is 124 Å². The van der Waals surface area contributed by atoms with Gasteiger partial charge in [-0.15, -0.1) is 0 Å². The van der Waals surface area contributed by atoms with Crippen LogP contribution in [0.5, 0.6) is 0 Å². The molecule has 0 bridgehead atoms. The van der Waals surface area contributed by atoms with E-state index in [4.69, 9.17) is 11.6 Å². The predicted octanol–water partition coefficient (Wildman–Crippen LogP) is 4.41. The summed E-state index contributed by atoms with van der Waals surface area (Å²) in [7, 11) is 2.03. The molecule has 19 heavy (non-hydrogen) atoms. The third kappa shape index (κ3) is 4.98. The summed E-state index contributed by atoms with van der Waals surface area (Å²) in [5.74, 6) is 0.672. The zero-order valence-corrected chi connectivity index (χ0v) is 12.8. The van der Waals surface area contributed by atoms with E-state index in [9.17, 15) is 0 Å². The van der Waals surface area contributed by atoms with E-state index in [1.165, 1.54) is 24.0 Å². The monoisotopic (exact) mass is 293 g/mol. The van der Waals surface area contributed by atoms with Gasteiger partial charge in [0.05, 0.1) is 0 Å². The molecule has 102 valence electrons. The van der Waals surface area contributed by atoms with E-state index in [2.05, 4.69) is 34.3 Å². The summed E-state index contributed by atoms with van der Waals surface area (Å²) in [5, 5.41) is 8.52. The minimum absolute atomic E-state index is 0.672. The number of hydrogen-bond donors (Lipinski definition) is 1. The summed E-state index contributed by atoms with van der Waals surface area (Å²) in [6.07, 6.45) is 3.51. The van der Waals surface area contributed by atoms with Crippen LogP contribution in [-0.2, 0) is 12.8 Å². The van der Waals surface area contributed by atoms with Crippen molar-refractivity contribution in [1.82, 2.24) is 5.32 Å². The van der Waals surface area contributed by atoms with Gasteiger partial charge in [-0.3, -0.25) is 0 Å². The maximum atomic E-state index is 5.93. The van der Waals surface area contributed by atoms with Gasteiger partial charge in [0.25, 0.3) is 0 Å². The van der Waals surface area contributed by atoms with E-state index >= 15 is 0 Å². The first-order chi connectivity index (χ1) is 9.28. The molecule has 0 radical (unpaired) electrons. The number of thiophene rings is 1. The smallest absolute Gasteiger partial charge is 0.0406 e. The van der Waals surface area contributed by atoms with Crippen LogP contribution in [0.4, 0.5) is 0 Å². The molecule has 1 aromatic heterocycles. The average Bonchev–Trinajstić information content (AvgIpc) is 2.92. The van der Waals surface area contributed by atoms with E-state index in [1.54, 1.807) is 11.3 Å². The first kappa shape index (κ1) is 14.6. The lowest BCUT2D eigenvalue weighted by atomic mass is 9.93. The van der Waals surface area contributed by atoms with Crippen molar-refractivity contribution in [3.8, 4) is 0 Å². The molecule has 0 aliphatic heterocycles. The van der Waals surface area contributed by atoms with Crippen molar-refractivity contribution < 1.29 is 0 Å². The van der Waals surface area contributed by atoms with Gasteiger partial charge in [-0.25, -0.2) is 0 Å². The van der Waals surface area contributed by atoms with Crippen LogP contribution in [0.1, 0.15) is 17.5 Å². The van der Waals surface area contributed by atoms with Crippen LogP contribution >= 0.6 is 22.9 Å². The highest BCUT2D eigenvalue weighted by Crippen LogP contribution is 2.18. The number of hydrogen-bond acceptors (Lipinski definition) is 2. The van der Waals surface area contributed by atoms with Crippen molar-refractivity contribution in [1.29, 1.82) is 0 Å². The fourth-order valence-corrected chi connectivity index (χ4v) is 3.15. The molecular weight excluding hydrogens is 274 g/mol. The topological polar surface area (TPSA) is 12.0 Å². The van der Waals surface area contributed by atoms with Crippen LogP contribution in [-0.4, -0.2) is 13.6 Å². The van der Waals surface area contributed by atoms with Crippen LogP contribution in [0.25, 0.3) is 0 Å². The molecule has 0 saturated carbocycles. The highest BCUT2D eigenvalue weighted by molar-refractivity contribution is 7.07. The predicted molar refractivity (Wildman–Crippen MR) is 85.2 cm³/mol. The molecule has 1 nitrogen and oxygen atoms in total. The fraction of sp³-hybridized carbons (Fsp3) is 0.375. The Morgan fingerprint density at radius 1 is 1.16 bits per heavy atom. The largest absolute Gasteiger partial charge is 0.319 e. The molecule has 1 atom stereocenters. The van der Waals surface area contributed by atoms with Crippen LogP contribution in [0.15, 0.2) is 41.1 Å². The first-order valence-corrected chi connectivity index (χ1v) is 8.00. The van der Waals surface area contributed by atoms with Gasteiger partial charge in [0.2, 0.25) is 0 Å². The molecule has 1 N–H and O–H groups in total. The van der Waals surface area contributed by atoms with Crippen LogP contribution in [0, 0.1) is 5.92 Å². The highest BCUT2D eigenvalue weighted by atomic mass is 35.5. The molecule has 0 fully saturated rings. The molecule has 0 aliphatic rings. The summed E-state index contributed by atoms with van der Waals surface area (Å²) >= 11 is 7.71. The lowest BCUT2D eigenvalue weighted by Gasteiger charge is -2.16. The van der Waals surface area contributed by atoms with E-state index in [-0.39, 0.29) is 0 Å². The fourth-order valence-electron chi connectivity index (χ4n) is 2.32. The lowest BCUT2D eigenvalue weighted by Crippen LogP contribution is -2.21. The first-order valence-electron chi connectivity index (χ1n) is 6.68. The van der Waals surface area contributed by atoms with E-state index in [0.29, 0.717) is 5.92 Å². The van der Waals surface area contributed by atoms with Gasteiger partial charge >= 0.3 is 0 Å². The van der Waals surface area contributed by atoms with Gasteiger partial charge in [0.15, 0.2) is 0 Å². The van der Waals surface area contributed by atoms with Gasteiger partial charge < -0.3 is 5.32 Å². The Balaban J connectivity index is 1.89. The minimum atomic E-state index is 0.672. The highest BCUT2D eigenvalue weighted by Gasteiger charge is 2.09. The third-order valence-corrected chi connectivity index (χ3v) is 4.34. The molecule has 3 heteroatoms. The molecule has 2 rings (SSSR count). The molecule has 0 amide bonds. The zero-order valence-electron chi connectivity index (χ0n) is 11.2. The van der Waals surface area contributed by atoms with E-state index in [1.807, 2.05) is 19.2 Å². The Morgan fingerprint density at radius 2 is 1.95 bits per heavy atom. The van der Waals surface area contributed by atoms with Crippen LogP contribution < -0.4 is 5.32 Å². The second kappa shape index (κ2) is 7.68. The minimum Gasteiger partial charge on any atom is -0.319 e. The number of halogens is 1. The summed E-state index contributed by atoms with van der Waals surface area (Å²) in [6.45, 7) is 1.06. The summed E-state index contributed by atoms with van der Waals surface area (Å²) < 4.78 is 0. The van der Waals surface area contributed by atoms with Crippen molar-refractivity contribution in [3.63, 3.8) is 0 Å². The zero-order chi connectivity index (χ0) is 13.5. The maximum absolute atomic E-state index is 5.93. The molecule has 1 heterocycles. The second-order valence-electron chi connectivity index (χ2n) is 4.92. The van der Waals surface area contributed by atoms with Crippen molar-refractivity contribution in [2.45, 2.75) is 19.3 Å². The molecule has 1 aromatic carbocycles. The Morgan fingerprint density at radius 3 is 2.58 bits per heavy atom. The number of nitrogens with one attached hydrogen (secondary N) is 1. The van der Waals surface area contributed by atoms with Gasteiger partial charge in [-0.2, -0.15) is 11.3 Å². The van der Waals surface area contributed by atoms with Crippen LogP contribution in [0.3, 0.4) is 0 Å². The molecular formula is C16H20ClNS. The molecule has 0 saturated heterocycles. The molecule has 1 unspecified atom stereocenters. The Kier molecular flexibility index (Phi) is 5.90. The van der Waals surface area contributed by atoms with Crippen LogP contribution in [0.2, 0.25) is 5.02 Å². The normalized spacial score (nSPS) is 12.5. The number of aryl methyl sites for hydroxylation is 1. The summed E-state index contributed by atoms with van der Waals surface area (Å²) in [5.41, 5.74) is 2.83. The van der Waals surface area contributed by atoms with Crippen molar-refractivity contribution in [2.75, 3.05) is 13.6 Å². The number of benzene rings is 1. The summed E-state index contributed by atoms with van der Waals surface area (Å²) in [6, 6.07) is 10.5. The van der Waals surface area contributed by atoms with E-state index in [0.717, 1.165) is 18.0 Å². The third-order valence-electron chi connectivity index (χ3n) is 3.35. The Bertz CT molecular complexity index is 464. The van der Waals surface area contributed by atoms with E-state index < -0.39 is 0 Å². The number of rotatable bonds is 7. The maximum Gasteiger partial charge on any atom is 0.0406 e. The Hall–Kier alpha value is -0.830. The van der Waals surface area contributed by atoms with Crippen molar-refractivity contribution in [3.05, 3.63) is 57.2 Å². The van der Waals surface area contributed by atoms with Gasteiger partial charge in [0, 0.05) is 5.02 Å².